The summed E-state index contributed by atoms with van der Waals surface area (Å²) in [5.74, 6) is -0.129. The lowest BCUT2D eigenvalue weighted by Crippen LogP contribution is -2.41. The van der Waals surface area contributed by atoms with E-state index >= 15 is 0 Å². The SMILES string of the molecule is CC(C)CC(=O)Nc1ccc(NC(=O)C2CCN(S(=O)(=O)c3ccc(C(C)(C)C)cc3)CC2)cc1. The summed E-state index contributed by atoms with van der Waals surface area (Å²) in [7, 11) is -3.59. The molecule has 3 rings (SSSR count). The number of nitrogens with zero attached hydrogens (tertiary/aromatic N) is 1. The topological polar surface area (TPSA) is 95.6 Å². The minimum atomic E-state index is -3.59. The number of amides is 2. The standard InChI is InChI=1S/C27H37N3O4S/c1-19(2)18-25(31)28-22-8-10-23(11-9-22)29-26(32)20-14-16-30(17-15-20)35(33,34)24-12-6-21(7-13-24)27(3,4)5/h6-13,19-20H,14-18H2,1-5H3,(H,28,31)(H,29,32). The van der Waals surface area contributed by atoms with Gasteiger partial charge in [0.1, 0.15) is 0 Å². The first kappa shape index (κ1) is 26.9. The maximum atomic E-state index is 13.1. The summed E-state index contributed by atoms with van der Waals surface area (Å²) in [6.07, 6.45) is 1.39. The first-order valence-electron chi connectivity index (χ1n) is 12.2. The number of sulfonamides is 1. The summed E-state index contributed by atoms with van der Waals surface area (Å²) in [5.41, 5.74) is 2.36. The lowest BCUT2D eigenvalue weighted by Gasteiger charge is -2.30. The summed E-state index contributed by atoms with van der Waals surface area (Å²) in [5, 5.41) is 5.76. The summed E-state index contributed by atoms with van der Waals surface area (Å²) in [4.78, 5) is 25.0. The molecule has 190 valence electrons. The van der Waals surface area contributed by atoms with Gasteiger partial charge in [-0.2, -0.15) is 4.31 Å². The molecule has 1 fully saturated rings. The van der Waals surface area contributed by atoms with Crippen molar-refractivity contribution in [1.29, 1.82) is 0 Å². The Morgan fingerprint density at radius 3 is 1.91 bits per heavy atom. The van der Waals surface area contributed by atoms with Gasteiger partial charge >= 0.3 is 0 Å². The minimum Gasteiger partial charge on any atom is -0.326 e. The number of anilines is 2. The van der Waals surface area contributed by atoms with Gasteiger partial charge in [-0.15, -0.1) is 0 Å². The molecule has 2 amide bonds. The molecule has 0 aromatic heterocycles. The molecule has 35 heavy (non-hydrogen) atoms. The van der Waals surface area contributed by atoms with E-state index in [1.165, 1.54) is 4.31 Å². The molecule has 0 aliphatic carbocycles. The third kappa shape index (κ3) is 7.15. The number of hydrogen-bond acceptors (Lipinski definition) is 4. The van der Waals surface area contributed by atoms with E-state index in [1.807, 2.05) is 26.0 Å². The first-order chi connectivity index (χ1) is 16.4. The first-order valence-corrected chi connectivity index (χ1v) is 13.6. The van der Waals surface area contributed by atoms with E-state index in [0.29, 0.717) is 43.7 Å². The van der Waals surface area contributed by atoms with Crippen LogP contribution in [0.3, 0.4) is 0 Å². The van der Waals surface area contributed by atoms with E-state index in [-0.39, 0.29) is 34.0 Å². The summed E-state index contributed by atoms with van der Waals surface area (Å²) >= 11 is 0. The van der Waals surface area contributed by atoms with Crippen molar-refractivity contribution in [3.8, 4) is 0 Å². The van der Waals surface area contributed by atoms with Gasteiger partial charge in [0.05, 0.1) is 4.90 Å². The van der Waals surface area contributed by atoms with Crippen molar-refractivity contribution in [2.75, 3.05) is 23.7 Å². The highest BCUT2D eigenvalue weighted by atomic mass is 32.2. The Hall–Kier alpha value is -2.71. The van der Waals surface area contributed by atoms with Crippen molar-refractivity contribution in [2.24, 2.45) is 11.8 Å². The molecule has 2 N–H and O–H groups in total. The number of rotatable bonds is 7. The fourth-order valence-corrected chi connectivity index (χ4v) is 5.57. The molecular weight excluding hydrogens is 462 g/mol. The van der Waals surface area contributed by atoms with Crippen LogP contribution in [0.1, 0.15) is 59.4 Å². The molecule has 0 atom stereocenters. The van der Waals surface area contributed by atoms with Gasteiger partial charge in [-0.05, 0) is 66.1 Å². The van der Waals surface area contributed by atoms with E-state index in [4.69, 9.17) is 0 Å². The van der Waals surface area contributed by atoms with Crippen molar-refractivity contribution in [2.45, 2.75) is 64.2 Å². The van der Waals surface area contributed by atoms with Crippen LogP contribution in [-0.4, -0.2) is 37.6 Å². The van der Waals surface area contributed by atoms with Gasteiger partial charge < -0.3 is 10.6 Å². The number of hydrogen-bond donors (Lipinski definition) is 2. The Morgan fingerprint density at radius 2 is 1.43 bits per heavy atom. The van der Waals surface area contributed by atoms with E-state index in [9.17, 15) is 18.0 Å². The minimum absolute atomic E-state index is 0.0383. The molecule has 1 aliphatic heterocycles. The molecule has 2 aromatic rings. The van der Waals surface area contributed by atoms with E-state index in [0.717, 1.165) is 5.56 Å². The lowest BCUT2D eigenvalue weighted by atomic mass is 9.87. The molecule has 7 nitrogen and oxygen atoms in total. The predicted octanol–water partition coefficient (Wildman–Crippen LogP) is 5.01. The Bertz CT molecular complexity index is 1130. The van der Waals surface area contributed by atoms with Gasteiger partial charge in [0.2, 0.25) is 21.8 Å². The molecule has 0 saturated carbocycles. The van der Waals surface area contributed by atoms with E-state index < -0.39 is 10.0 Å². The second-order valence-corrected chi connectivity index (χ2v) is 12.6. The molecule has 1 saturated heterocycles. The van der Waals surface area contributed by atoms with Gasteiger partial charge in [0.25, 0.3) is 0 Å². The highest BCUT2D eigenvalue weighted by molar-refractivity contribution is 7.89. The zero-order chi connectivity index (χ0) is 25.8. The van der Waals surface area contributed by atoms with Crippen LogP contribution in [0.5, 0.6) is 0 Å². The second-order valence-electron chi connectivity index (χ2n) is 10.7. The van der Waals surface area contributed by atoms with Gasteiger partial charge in [-0.1, -0.05) is 46.8 Å². The Morgan fingerprint density at radius 1 is 0.914 bits per heavy atom. The normalized spacial score (nSPS) is 15.7. The van der Waals surface area contributed by atoms with E-state index in [2.05, 4.69) is 31.4 Å². The smallest absolute Gasteiger partial charge is 0.243 e. The van der Waals surface area contributed by atoms with Crippen LogP contribution < -0.4 is 10.6 Å². The molecule has 1 heterocycles. The van der Waals surface area contributed by atoms with Gasteiger partial charge in [-0.25, -0.2) is 8.42 Å². The zero-order valence-corrected chi connectivity index (χ0v) is 22.1. The summed E-state index contributed by atoms with van der Waals surface area (Å²) in [6.45, 7) is 10.9. The highest BCUT2D eigenvalue weighted by Gasteiger charge is 2.32. The molecule has 0 radical (unpaired) electrons. The maximum Gasteiger partial charge on any atom is 0.243 e. The molecular formula is C27H37N3O4S. The van der Waals surface area contributed by atoms with Gasteiger partial charge in [0.15, 0.2) is 0 Å². The monoisotopic (exact) mass is 499 g/mol. The molecule has 0 spiro atoms. The van der Waals surface area contributed by atoms with Crippen LogP contribution in [0.2, 0.25) is 0 Å². The molecule has 0 unspecified atom stereocenters. The summed E-state index contributed by atoms with van der Waals surface area (Å²) in [6, 6.07) is 14.1. The second kappa shape index (κ2) is 10.9. The van der Waals surface area contributed by atoms with E-state index in [1.54, 1.807) is 36.4 Å². The molecule has 8 heteroatoms. The number of carbonyl (C=O) groups is 2. The van der Waals surface area contributed by atoms with Crippen LogP contribution in [-0.2, 0) is 25.0 Å². The molecule has 0 bridgehead atoms. The van der Waals surface area contributed by atoms with Gasteiger partial charge in [0, 0.05) is 36.8 Å². The Kier molecular flexibility index (Phi) is 8.38. The quantitative estimate of drug-likeness (QED) is 0.560. The third-order valence-corrected chi connectivity index (χ3v) is 8.13. The number of benzene rings is 2. The van der Waals surface area contributed by atoms with Crippen LogP contribution in [0.4, 0.5) is 11.4 Å². The van der Waals surface area contributed by atoms with Crippen LogP contribution >= 0.6 is 0 Å². The van der Waals surface area contributed by atoms with Crippen molar-refractivity contribution in [1.82, 2.24) is 4.31 Å². The van der Waals surface area contributed by atoms with Crippen molar-refractivity contribution >= 4 is 33.2 Å². The fraction of sp³-hybridized carbons (Fsp3) is 0.481. The number of nitrogens with one attached hydrogen (secondary N) is 2. The fourth-order valence-electron chi connectivity index (χ4n) is 4.10. The zero-order valence-electron chi connectivity index (χ0n) is 21.3. The predicted molar refractivity (Wildman–Crippen MR) is 140 cm³/mol. The van der Waals surface area contributed by atoms with Crippen molar-refractivity contribution < 1.29 is 18.0 Å². The lowest BCUT2D eigenvalue weighted by molar-refractivity contribution is -0.121. The van der Waals surface area contributed by atoms with Crippen LogP contribution in [0.15, 0.2) is 53.4 Å². The third-order valence-electron chi connectivity index (χ3n) is 6.21. The number of piperidine rings is 1. The van der Waals surface area contributed by atoms with Crippen LogP contribution in [0.25, 0.3) is 0 Å². The Balaban J connectivity index is 1.53. The maximum absolute atomic E-state index is 13.1. The largest absolute Gasteiger partial charge is 0.326 e. The highest BCUT2D eigenvalue weighted by Crippen LogP contribution is 2.28. The average molecular weight is 500 g/mol. The van der Waals surface area contributed by atoms with Crippen LogP contribution in [0, 0.1) is 11.8 Å². The average Bonchev–Trinajstić information content (AvgIpc) is 2.79. The summed E-state index contributed by atoms with van der Waals surface area (Å²) < 4.78 is 27.6. The molecule has 2 aromatic carbocycles. The van der Waals surface area contributed by atoms with Crippen molar-refractivity contribution in [3.63, 3.8) is 0 Å². The number of carbonyl (C=O) groups excluding carboxylic acids is 2. The Labute approximate surface area is 209 Å². The van der Waals surface area contributed by atoms with Gasteiger partial charge in [-0.3, -0.25) is 9.59 Å². The molecule has 1 aliphatic rings. The van der Waals surface area contributed by atoms with Crippen molar-refractivity contribution in [3.05, 3.63) is 54.1 Å².